The lowest BCUT2D eigenvalue weighted by molar-refractivity contribution is -0.142. The van der Waals surface area contributed by atoms with Crippen molar-refractivity contribution >= 4 is 23.7 Å². The molecule has 2 unspecified atom stereocenters. The lowest BCUT2D eigenvalue weighted by atomic mass is 9.93. The molecule has 0 heterocycles. The summed E-state index contributed by atoms with van der Waals surface area (Å²) in [5.41, 5.74) is 0. The summed E-state index contributed by atoms with van der Waals surface area (Å²) in [6.07, 6.45) is 32.8. The van der Waals surface area contributed by atoms with Gasteiger partial charge in [0.2, 0.25) is 0 Å². The summed E-state index contributed by atoms with van der Waals surface area (Å²) in [7, 11) is 0. The minimum atomic E-state index is -0.792. The van der Waals surface area contributed by atoms with Crippen LogP contribution >= 0.6 is 11.8 Å². The summed E-state index contributed by atoms with van der Waals surface area (Å²) in [4.78, 5) is 23.2. The fourth-order valence-electron chi connectivity index (χ4n) is 5.56. The highest BCUT2D eigenvalue weighted by atomic mass is 32.2. The molecule has 0 saturated carbocycles. The first kappa shape index (κ1) is 38.3. The molecule has 0 amide bonds. The summed E-state index contributed by atoms with van der Waals surface area (Å²) >= 11 is 1.59. The first-order valence-electron chi connectivity index (χ1n) is 17.1. The molecule has 0 aliphatic heterocycles. The normalized spacial score (nSPS) is 13.0. The van der Waals surface area contributed by atoms with Crippen molar-refractivity contribution in [2.75, 3.05) is 5.75 Å². The van der Waals surface area contributed by atoms with Gasteiger partial charge in [-0.25, -0.2) is 0 Å². The van der Waals surface area contributed by atoms with Crippen LogP contribution in [0.2, 0.25) is 0 Å². The van der Waals surface area contributed by atoms with Crippen LogP contribution in [0, 0.1) is 5.92 Å². The van der Waals surface area contributed by atoms with E-state index < -0.39 is 11.9 Å². The summed E-state index contributed by atoms with van der Waals surface area (Å²) < 4.78 is 0. The zero-order valence-electron chi connectivity index (χ0n) is 26.1. The van der Waals surface area contributed by atoms with Gasteiger partial charge in [0.05, 0.1) is 12.3 Å². The molecule has 2 atom stereocenters. The minimum Gasteiger partial charge on any atom is -0.481 e. The van der Waals surface area contributed by atoms with E-state index in [2.05, 4.69) is 13.8 Å². The Bertz CT molecular complexity index is 539. The van der Waals surface area contributed by atoms with E-state index in [9.17, 15) is 14.7 Å². The van der Waals surface area contributed by atoms with E-state index in [0.29, 0.717) is 5.75 Å². The van der Waals surface area contributed by atoms with E-state index in [1.165, 1.54) is 128 Å². The maximum atomic E-state index is 12.2. The fraction of sp³-hybridized carbons (Fsp3) is 0.941. The molecule has 0 spiro atoms. The van der Waals surface area contributed by atoms with Gasteiger partial charge < -0.3 is 10.2 Å². The van der Waals surface area contributed by atoms with Gasteiger partial charge in [0.1, 0.15) is 0 Å². The van der Waals surface area contributed by atoms with Gasteiger partial charge in [-0.3, -0.25) is 9.59 Å². The molecule has 0 aliphatic carbocycles. The van der Waals surface area contributed by atoms with Crippen molar-refractivity contribution in [3.8, 4) is 0 Å². The molecule has 0 aromatic carbocycles. The average molecular weight is 571 g/mol. The van der Waals surface area contributed by atoms with Gasteiger partial charge in [0.15, 0.2) is 0 Å². The molecule has 232 valence electrons. The second-order valence-corrected chi connectivity index (χ2v) is 13.2. The predicted octanol–water partition coefficient (Wildman–Crippen LogP) is 11.4. The number of aliphatic carboxylic acids is 2. The summed E-state index contributed by atoms with van der Waals surface area (Å²) in [5, 5.41) is 19.1. The third-order valence-corrected chi connectivity index (χ3v) is 9.56. The Morgan fingerprint density at radius 2 is 0.846 bits per heavy atom. The van der Waals surface area contributed by atoms with Gasteiger partial charge in [-0.15, -0.1) is 0 Å². The Kier molecular flexibility index (Phi) is 29.7. The topological polar surface area (TPSA) is 74.6 Å². The molecule has 0 radical (unpaired) electrons. The van der Waals surface area contributed by atoms with Crippen LogP contribution in [0.25, 0.3) is 0 Å². The van der Waals surface area contributed by atoms with Gasteiger partial charge in [-0.05, 0) is 12.8 Å². The molecule has 0 aromatic heterocycles. The van der Waals surface area contributed by atoms with Crippen molar-refractivity contribution in [3.63, 3.8) is 0 Å². The van der Waals surface area contributed by atoms with Crippen molar-refractivity contribution in [2.24, 2.45) is 5.92 Å². The number of carboxylic acids is 2. The number of hydrogen-bond acceptors (Lipinski definition) is 3. The highest BCUT2D eigenvalue weighted by Crippen LogP contribution is 2.30. The summed E-state index contributed by atoms with van der Waals surface area (Å²) in [5.74, 6) is -1.32. The number of hydrogen-bond donors (Lipinski definition) is 2. The highest BCUT2D eigenvalue weighted by Gasteiger charge is 2.27. The van der Waals surface area contributed by atoms with Gasteiger partial charge in [0.25, 0.3) is 0 Å². The van der Waals surface area contributed by atoms with Crippen LogP contribution in [0.3, 0.4) is 0 Å². The van der Waals surface area contributed by atoms with Gasteiger partial charge >= 0.3 is 11.9 Å². The molecule has 4 nitrogen and oxygen atoms in total. The maximum Gasteiger partial charge on any atom is 0.307 e. The molecule has 39 heavy (non-hydrogen) atoms. The van der Waals surface area contributed by atoms with E-state index in [4.69, 9.17) is 5.11 Å². The average Bonchev–Trinajstić information content (AvgIpc) is 2.91. The van der Waals surface area contributed by atoms with E-state index in [1.54, 1.807) is 11.8 Å². The Labute approximate surface area is 247 Å². The number of rotatable bonds is 32. The molecule has 0 fully saturated rings. The fourth-order valence-corrected chi connectivity index (χ4v) is 6.97. The zero-order chi connectivity index (χ0) is 28.8. The summed E-state index contributed by atoms with van der Waals surface area (Å²) in [6.45, 7) is 4.52. The van der Waals surface area contributed by atoms with Gasteiger partial charge in [0, 0.05) is 11.0 Å². The van der Waals surface area contributed by atoms with E-state index in [0.717, 1.165) is 38.5 Å². The third-order valence-electron chi connectivity index (χ3n) is 8.12. The van der Waals surface area contributed by atoms with Crippen molar-refractivity contribution < 1.29 is 19.8 Å². The van der Waals surface area contributed by atoms with Gasteiger partial charge in [-0.1, -0.05) is 168 Å². The van der Waals surface area contributed by atoms with Crippen LogP contribution in [0.5, 0.6) is 0 Å². The van der Waals surface area contributed by atoms with Crippen LogP contribution < -0.4 is 0 Å². The largest absolute Gasteiger partial charge is 0.481 e. The molecule has 0 saturated heterocycles. The van der Waals surface area contributed by atoms with E-state index in [-0.39, 0.29) is 17.6 Å². The maximum absolute atomic E-state index is 12.2. The van der Waals surface area contributed by atoms with E-state index >= 15 is 0 Å². The molecule has 5 heteroatoms. The number of carbonyl (C=O) groups is 2. The number of carboxylic acid groups (broad SMARTS) is 2. The quantitative estimate of drug-likeness (QED) is 0.0787. The Hall–Kier alpha value is -0.710. The van der Waals surface area contributed by atoms with Crippen LogP contribution in [0.1, 0.15) is 187 Å². The molecule has 0 aliphatic rings. The first-order chi connectivity index (χ1) is 19.0. The zero-order valence-corrected chi connectivity index (χ0v) is 26.9. The summed E-state index contributed by atoms with van der Waals surface area (Å²) in [6, 6.07) is 0. The highest BCUT2D eigenvalue weighted by molar-refractivity contribution is 7.99. The van der Waals surface area contributed by atoms with Crippen LogP contribution in [-0.4, -0.2) is 33.2 Å². The first-order valence-corrected chi connectivity index (χ1v) is 18.1. The lowest BCUT2D eigenvalue weighted by Crippen LogP contribution is -2.26. The number of thioether (sulfide) groups is 1. The second-order valence-electron chi connectivity index (χ2n) is 11.9. The third kappa shape index (κ3) is 27.2. The molecule has 0 rings (SSSR count). The van der Waals surface area contributed by atoms with Crippen molar-refractivity contribution in [1.82, 2.24) is 0 Å². The molecular weight excluding hydrogens is 504 g/mol. The lowest BCUT2D eigenvalue weighted by Gasteiger charge is -2.24. The molecule has 2 N–H and O–H groups in total. The molecular formula is C34H66O4S. The second kappa shape index (κ2) is 30.3. The molecule has 0 bridgehead atoms. The van der Waals surface area contributed by atoms with Crippen LogP contribution in [-0.2, 0) is 9.59 Å². The minimum absolute atomic E-state index is 0.0395. The van der Waals surface area contributed by atoms with Crippen molar-refractivity contribution in [3.05, 3.63) is 0 Å². The van der Waals surface area contributed by atoms with Crippen LogP contribution in [0.15, 0.2) is 0 Å². The SMILES string of the molecule is CCCCCCCCCCCCCCC(SCCC(=O)O)C(CCCCCCCCCCCCCC)C(=O)O. The van der Waals surface area contributed by atoms with Gasteiger partial charge in [-0.2, -0.15) is 11.8 Å². The van der Waals surface area contributed by atoms with Crippen LogP contribution in [0.4, 0.5) is 0 Å². The predicted molar refractivity (Wildman–Crippen MR) is 171 cm³/mol. The van der Waals surface area contributed by atoms with E-state index in [1.807, 2.05) is 0 Å². The number of unbranched alkanes of at least 4 members (excludes halogenated alkanes) is 22. The Balaban J connectivity index is 4.15. The monoisotopic (exact) mass is 570 g/mol. The van der Waals surface area contributed by atoms with Crippen molar-refractivity contribution in [2.45, 2.75) is 192 Å². The Morgan fingerprint density at radius 1 is 0.513 bits per heavy atom. The Morgan fingerprint density at radius 3 is 1.18 bits per heavy atom. The van der Waals surface area contributed by atoms with Crippen molar-refractivity contribution in [1.29, 1.82) is 0 Å². The smallest absolute Gasteiger partial charge is 0.307 e. The molecule has 0 aromatic rings. The standard InChI is InChI=1S/C34H66O4S/c1-3-5-7-9-11-13-15-17-19-21-23-25-27-31(34(37)38)32(39-30-29-33(35)36)28-26-24-22-20-18-16-14-12-10-8-6-4-2/h31-32H,3-30H2,1-2H3,(H,35,36)(H,37,38).